The van der Waals surface area contributed by atoms with Crippen molar-refractivity contribution in [3.05, 3.63) is 161 Å². The Balaban J connectivity index is 0.00000294. The fraction of sp³-hybridized carbons (Fsp3) is 0.0571. The molecule has 6 rings (SSSR count). The van der Waals surface area contributed by atoms with Crippen LogP contribution in [0.2, 0.25) is 0 Å². The molecular weight excluding hydrogens is 547 g/mol. The largest absolute Gasteiger partial charge is 1.00 e. The van der Waals surface area contributed by atoms with Crippen LogP contribution in [0.4, 0.5) is 0 Å². The molecular formula is C35H28BrOP. The van der Waals surface area contributed by atoms with Gasteiger partial charge in [0, 0.05) is 10.8 Å². The molecule has 0 saturated carbocycles. The molecule has 38 heavy (non-hydrogen) atoms. The van der Waals surface area contributed by atoms with Gasteiger partial charge in [0.05, 0.1) is 0 Å². The van der Waals surface area contributed by atoms with Gasteiger partial charge in [0.15, 0.2) is 5.43 Å². The molecule has 0 fully saturated rings. The zero-order valence-electron chi connectivity index (χ0n) is 21.2. The van der Waals surface area contributed by atoms with Crippen molar-refractivity contribution in [1.82, 2.24) is 0 Å². The minimum atomic E-state index is -2.10. The first-order valence-corrected chi connectivity index (χ1v) is 14.6. The fourth-order valence-electron chi connectivity index (χ4n) is 5.69. The van der Waals surface area contributed by atoms with Crippen molar-refractivity contribution in [3.8, 4) is 0 Å². The maximum absolute atomic E-state index is 13.4. The number of hydrogen-bond acceptors (Lipinski definition) is 1. The summed E-state index contributed by atoms with van der Waals surface area (Å²) in [5, 5.41) is 7.55. The molecule has 0 spiro atoms. The van der Waals surface area contributed by atoms with Crippen LogP contribution in [-0.2, 0) is 0 Å². The van der Waals surface area contributed by atoms with Gasteiger partial charge in [0.1, 0.15) is 28.8 Å². The van der Waals surface area contributed by atoms with E-state index in [-0.39, 0.29) is 28.1 Å². The topological polar surface area (TPSA) is 17.1 Å². The third-order valence-electron chi connectivity index (χ3n) is 7.52. The quantitative estimate of drug-likeness (QED) is 0.279. The summed E-state index contributed by atoms with van der Waals surface area (Å²) in [6.45, 7) is 2.36. The minimum Gasteiger partial charge on any atom is -1.00 e. The van der Waals surface area contributed by atoms with Crippen molar-refractivity contribution in [3.63, 3.8) is 0 Å². The molecule has 0 aliphatic rings. The molecule has 0 bridgehead atoms. The Labute approximate surface area is 234 Å². The van der Waals surface area contributed by atoms with Crippen LogP contribution in [0.25, 0.3) is 21.5 Å². The zero-order chi connectivity index (χ0) is 25.2. The lowest BCUT2D eigenvalue weighted by Crippen LogP contribution is -3.00. The molecule has 0 aliphatic carbocycles. The molecule has 0 saturated heterocycles. The van der Waals surface area contributed by atoms with Crippen LogP contribution in [0.1, 0.15) is 18.1 Å². The standard InChI is InChI=1S/C35H28OP.BrH/c1-26(28-23-24-34-29(25-28)22-21-27-13-11-12-20-33(27)35(34)36)37(30-14-5-2-6-15-30,31-16-7-3-8-17-31)32-18-9-4-10-19-32;/h2-26H,1H3;1H/q+1;/p-1. The van der Waals surface area contributed by atoms with Crippen molar-refractivity contribution >= 4 is 44.7 Å². The molecule has 0 aliphatic heterocycles. The number of rotatable bonds is 5. The van der Waals surface area contributed by atoms with Gasteiger partial charge >= 0.3 is 0 Å². The maximum atomic E-state index is 13.4. The molecule has 186 valence electrons. The number of halogens is 1. The molecule has 3 heteroatoms. The highest BCUT2D eigenvalue weighted by atomic mass is 79.9. The van der Waals surface area contributed by atoms with Crippen molar-refractivity contribution in [2.45, 2.75) is 12.6 Å². The fourth-order valence-corrected chi connectivity index (χ4v) is 10.5. The van der Waals surface area contributed by atoms with E-state index in [0.29, 0.717) is 0 Å². The molecule has 0 aromatic heterocycles. The first-order valence-electron chi connectivity index (χ1n) is 12.7. The molecule has 1 unspecified atom stereocenters. The highest BCUT2D eigenvalue weighted by Crippen LogP contribution is 2.66. The van der Waals surface area contributed by atoms with Gasteiger partial charge in [-0.05, 0) is 65.7 Å². The SMILES string of the molecule is CC(c1ccc2c(=O)c3ccccc3ccc2c1)[P+](c1ccccc1)(c1ccccc1)c1ccccc1.[Br-]. The van der Waals surface area contributed by atoms with Crippen molar-refractivity contribution in [1.29, 1.82) is 0 Å². The molecule has 6 aromatic rings. The molecule has 1 atom stereocenters. The van der Waals surface area contributed by atoms with Crippen LogP contribution in [0.15, 0.2) is 150 Å². The second kappa shape index (κ2) is 11.0. The number of hydrogen-bond donors (Lipinski definition) is 0. The molecule has 0 radical (unpaired) electrons. The maximum Gasteiger partial charge on any atom is 0.194 e. The van der Waals surface area contributed by atoms with E-state index in [9.17, 15) is 4.79 Å². The van der Waals surface area contributed by atoms with Gasteiger partial charge in [-0.25, -0.2) is 0 Å². The van der Waals surface area contributed by atoms with Crippen molar-refractivity contribution in [2.24, 2.45) is 0 Å². The third kappa shape index (κ3) is 4.39. The lowest BCUT2D eigenvalue weighted by atomic mass is 10.1. The van der Waals surface area contributed by atoms with Crippen LogP contribution in [0, 0.1) is 0 Å². The van der Waals surface area contributed by atoms with E-state index < -0.39 is 7.26 Å². The van der Waals surface area contributed by atoms with E-state index in [1.807, 2.05) is 30.3 Å². The predicted octanol–water partition coefficient (Wildman–Crippen LogP) is 4.41. The average molecular weight is 575 g/mol. The van der Waals surface area contributed by atoms with Crippen molar-refractivity contribution in [2.75, 3.05) is 0 Å². The van der Waals surface area contributed by atoms with E-state index in [4.69, 9.17) is 0 Å². The Morgan fingerprint density at radius 1 is 0.500 bits per heavy atom. The Kier molecular flexibility index (Phi) is 7.56. The summed E-state index contributed by atoms with van der Waals surface area (Å²) >= 11 is 0. The summed E-state index contributed by atoms with van der Waals surface area (Å²) in [5.41, 5.74) is 1.52. The zero-order valence-corrected chi connectivity index (χ0v) is 23.6. The Morgan fingerprint density at radius 3 is 1.50 bits per heavy atom. The summed E-state index contributed by atoms with van der Waals surface area (Å²) < 4.78 is 0. The van der Waals surface area contributed by atoms with Gasteiger partial charge < -0.3 is 17.0 Å². The van der Waals surface area contributed by atoms with Gasteiger partial charge in [-0.2, -0.15) is 0 Å². The summed E-state index contributed by atoms with van der Waals surface area (Å²) in [6.07, 6.45) is 0. The lowest BCUT2D eigenvalue weighted by Gasteiger charge is -2.33. The lowest BCUT2D eigenvalue weighted by molar-refractivity contribution is -0.00000707. The molecule has 0 amide bonds. The summed E-state index contributed by atoms with van der Waals surface area (Å²) in [6, 6.07) is 51.4. The highest BCUT2D eigenvalue weighted by Gasteiger charge is 2.50. The highest BCUT2D eigenvalue weighted by molar-refractivity contribution is 7.95. The number of fused-ring (bicyclic) bond motifs is 2. The van der Waals surface area contributed by atoms with Gasteiger partial charge in [-0.3, -0.25) is 4.79 Å². The monoisotopic (exact) mass is 574 g/mol. The summed E-state index contributed by atoms with van der Waals surface area (Å²) in [7, 11) is -2.10. The van der Waals surface area contributed by atoms with Crippen LogP contribution in [-0.4, -0.2) is 0 Å². The summed E-state index contributed by atoms with van der Waals surface area (Å²) in [5.74, 6) is 0. The van der Waals surface area contributed by atoms with E-state index in [2.05, 4.69) is 122 Å². The van der Waals surface area contributed by atoms with Gasteiger partial charge in [0.2, 0.25) is 0 Å². The minimum absolute atomic E-state index is 0. The molecule has 0 N–H and O–H groups in total. The van der Waals surface area contributed by atoms with E-state index in [1.54, 1.807) is 0 Å². The van der Waals surface area contributed by atoms with Crippen LogP contribution < -0.4 is 38.3 Å². The van der Waals surface area contributed by atoms with E-state index >= 15 is 0 Å². The normalized spacial score (nSPS) is 12.1. The predicted molar refractivity (Wildman–Crippen MR) is 161 cm³/mol. The molecule has 1 nitrogen and oxygen atoms in total. The number of benzene rings is 5. The van der Waals surface area contributed by atoms with Crippen molar-refractivity contribution < 1.29 is 17.0 Å². The smallest absolute Gasteiger partial charge is 0.194 e. The van der Waals surface area contributed by atoms with E-state index in [1.165, 1.54) is 21.5 Å². The first-order chi connectivity index (χ1) is 18.2. The van der Waals surface area contributed by atoms with E-state index in [0.717, 1.165) is 21.5 Å². The van der Waals surface area contributed by atoms with Crippen LogP contribution in [0.5, 0.6) is 0 Å². The van der Waals surface area contributed by atoms with Gasteiger partial charge in [-0.1, -0.05) is 103 Å². The molecule has 6 aromatic carbocycles. The van der Waals surface area contributed by atoms with Crippen LogP contribution >= 0.6 is 7.26 Å². The van der Waals surface area contributed by atoms with Crippen LogP contribution in [0.3, 0.4) is 0 Å². The molecule has 0 heterocycles. The average Bonchev–Trinajstić information content (AvgIpc) is 3.11. The Hall–Kier alpha value is -3.58. The second-order valence-corrected chi connectivity index (χ2v) is 13.3. The first kappa shape index (κ1) is 26.0. The third-order valence-corrected chi connectivity index (χ3v) is 12.3. The summed E-state index contributed by atoms with van der Waals surface area (Å²) in [4.78, 5) is 13.4. The Bertz CT molecular complexity index is 1660. The van der Waals surface area contributed by atoms with Gasteiger partial charge in [-0.15, -0.1) is 0 Å². The Morgan fingerprint density at radius 2 is 0.947 bits per heavy atom. The second-order valence-electron chi connectivity index (χ2n) is 9.50. The van der Waals surface area contributed by atoms with Gasteiger partial charge in [0.25, 0.3) is 0 Å².